The molecule has 18 heavy (non-hydrogen) atoms. The van der Waals surface area contributed by atoms with Gasteiger partial charge in [0.15, 0.2) is 0 Å². The number of aromatic nitrogens is 1. The fourth-order valence-electron chi connectivity index (χ4n) is 3.30. The monoisotopic (exact) mass is 244 g/mol. The molecule has 1 heterocycles. The van der Waals surface area contributed by atoms with Crippen LogP contribution in [0.5, 0.6) is 5.75 Å². The van der Waals surface area contributed by atoms with Gasteiger partial charge in [-0.15, -0.1) is 0 Å². The second-order valence-corrected chi connectivity index (χ2v) is 5.31. The summed E-state index contributed by atoms with van der Waals surface area (Å²) < 4.78 is 5.33. The molecular weight excluding hydrogens is 224 g/mol. The summed E-state index contributed by atoms with van der Waals surface area (Å²) in [6.07, 6.45) is 7.12. The van der Waals surface area contributed by atoms with Crippen molar-refractivity contribution >= 4 is 10.9 Å². The third kappa shape index (κ3) is 1.62. The molecule has 0 radical (unpaired) electrons. The summed E-state index contributed by atoms with van der Waals surface area (Å²) in [5.74, 6) is 0.911. The molecule has 0 unspecified atom stereocenters. The molecule has 0 spiro atoms. The molecule has 96 valence electrons. The van der Waals surface area contributed by atoms with Gasteiger partial charge in [0.1, 0.15) is 5.75 Å². The number of aromatic amines is 1. The molecule has 3 heteroatoms. The van der Waals surface area contributed by atoms with Gasteiger partial charge in [-0.2, -0.15) is 0 Å². The van der Waals surface area contributed by atoms with E-state index < -0.39 is 0 Å². The fraction of sp³-hybridized carbons (Fsp3) is 0.467. The molecule has 3 nitrogen and oxygen atoms in total. The maximum Gasteiger partial charge on any atom is 0.119 e. The highest BCUT2D eigenvalue weighted by molar-refractivity contribution is 5.85. The first-order valence-corrected chi connectivity index (χ1v) is 6.65. The van der Waals surface area contributed by atoms with E-state index in [-0.39, 0.29) is 5.41 Å². The Labute approximate surface area is 107 Å². The molecule has 0 atom stereocenters. The molecule has 0 bridgehead atoms. The minimum absolute atomic E-state index is 0.171. The lowest BCUT2D eigenvalue weighted by molar-refractivity contribution is 0.415. The number of nitrogens with two attached hydrogens (primary N) is 1. The van der Waals surface area contributed by atoms with Crippen LogP contribution in [0.25, 0.3) is 10.9 Å². The van der Waals surface area contributed by atoms with Crippen LogP contribution in [-0.4, -0.2) is 18.6 Å². The predicted molar refractivity (Wildman–Crippen MR) is 74.1 cm³/mol. The van der Waals surface area contributed by atoms with Crippen molar-refractivity contribution in [1.82, 2.24) is 4.98 Å². The van der Waals surface area contributed by atoms with Gasteiger partial charge in [-0.25, -0.2) is 0 Å². The van der Waals surface area contributed by atoms with Crippen LogP contribution in [0.1, 0.15) is 31.2 Å². The Balaban J connectivity index is 2.16. The van der Waals surface area contributed by atoms with Gasteiger partial charge in [0, 0.05) is 29.1 Å². The first kappa shape index (κ1) is 11.6. The number of methoxy groups -OCH3 is 1. The summed E-state index contributed by atoms with van der Waals surface area (Å²) in [4.78, 5) is 3.36. The van der Waals surface area contributed by atoms with E-state index in [4.69, 9.17) is 10.5 Å². The molecule has 3 N–H and O–H groups in total. The number of rotatable bonds is 3. The maximum atomic E-state index is 6.08. The number of nitrogens with one attached hydrogen (secondary N) is 1. The summed E-state index contributed by atoms with van der Waals surface area (Å²) >= 11 is 0. The SMILES string of the molecule is COc1ccc2[nH]cc(C3(CN)CCCC3)c2c1. The Bertz CT molecular complexity index is 553. The number of H-pyrrole nitrogens is 1. The Kier molecular flexibility index (Phi) is 2.78. The second kappa shape index (κ2) is 4.32. The summed E-state index contributed by atoms with van der Waals surface area (Å²) in [5.41, 5.74) is 8.79. The molecule has 1 aliphatic rings. The van der Waals surface area contributed by atoms with Crippen LogP contribution in [0.2, 0.25) is 0 Å². The van der Waals surface area contributed by atoms with Gasteiger partial charge in [0.25, 0.3) is 0 Å². The van der Waals surface area contributed by atoms with Crippen LogP contribution < -0.4 is 10.5 Å². The summed E-state index contributed by atoms with van der Waals surface area (Å²) in [6, 6.07) is 6.19. The highest BCUT2D eigenvalue weighted by atomic mass is 16.5. The van der Waals surface area contributed by atoms with E-state index in [1.165, 1.54) is 42.1 Å². The largest absolute Gasteiger partial charge is 0.497 e. The lowest BCUT2D eigenvalue weighted by Crippen LogP contribution is -2.31. The Morgan fingerprint density at radius 2 is 2.11 bits per heavy atom. The van der Waals surface area contributed by atoms with Crippen LogP contribution in [-0.2, 0) is 5.41 Å². The molecule has 0 amide bonds. The zero-order valence-corrected chi connectivity index (χ0v) is 10.8. The smallest absolute Gasteiger partial charge is 0.119 e. The van der Waals surface area contributed by atoms with Crippen molar-refractivity contribution in [2.24, 2.45) is 5.73 Å². The molecule has 1 saturated carbocycles. The molecule has 1 fully saturated rings. The maximum absolute atomic E-state index is 6.08. The van der Waals surface area contributed by atoms with Gasteiger partial charge in [0.2, 0.25) is 0 Å². The van der Waals surface area contributed by atoms with E-state index in [1.54, 1.807) is 7.11 Å². The average Bonchev–Trinajstić information content (AvgIpc) is 3.04. The molecular formula is C15H20N2O. The van der Waals surface area contributed by atoms with E-state index in [0.29, 0.717) is 0 Å². The van der Waals surface area contributed by atoms with Crippen molar-refractivity contribution in [3.8, 4) is 5.75 Å². The summed E-state index contributed by atoms with van der Waals surface area (Å²) in [6.45, 7) is 0.733. The Morgan fingerprint density at radius 1 is 1.33 bits per heavy atom. The van der Waals surface area contributed by atoms with Crippen molar-refractivity contribution in [1.29, 1.82) is 0 Å². The van der Waals surface area contributed by atoms with Crippen LogP contribution in [0, 0.1) is 0 Å². The van der Waals surface area contributed by atoms with Gasteiger partial charge in [0.05, 0.1) is 7.11 Å². The van der Waals surface area contributed by atoms with Crippen LogP contribution in [0.3, 0.4) is 0 Å². The van der Waals surface area contributed by atoms with Gasteiger partial charge < -0.3 is 15.5 Å². The van der Waals surface area contributed by atoms with Crippen LogP contribution in [0.4, 0.5) is 0 Å². The summed E-state index contributed by atoms with van der Waals surface area (Å²) in [7, 11) is 1.71. The molecule has 1 aliphatic carbocycles. The number of hydrogen-bond acceptors (Lipinski definition) is 2. The molecule has 2 aromatic rings. The number of hydrogen-bond donors (Lipinski definition) is 2. The number of benzene rings is 1. The van der Waals surface area contributed by atoms with E-state index in [2.05, 4.69) is 23.3 Å². The van der Waals surface area contributed by atoms with Gasteiger partial charge in [-0.05, 0) is 36.6 Å². The topological polar surface area (TPSA) is 51.0 Å². The first-order chi connectivity index (χ1) is 8.79. The molecule has 1 aromatic heterocycles. The van der Waals surface area contributed by atoms with E-state index in [1.807, 2.05) is 6.07 Å². The lowest BCUT2D eigenvalue weighted by Gasteiger charge is -2.27. The zero-order valence-electron chi connectivity index (χ0n) is 10.8. The zero-order chi connectivity index (χ0) is 12.6. The van der Waals surface area contributed by atoms with Crippen molar-refractivity contribution < 1.29 is 4.74 Å². The standard InChI is InChI=1S/C15H20N2O/c1-18-11-4-5-14-12(8-11)13(9-17-14)15(10-16)6-2-3-7-15/h4-5,8-9,17H,2-3,6-7,10,16H2,1H3. The normalized spacial score (nSPS) is 18.3. The quantitative estimate of drug-likeness (QED) is 0.872. The van der Waals surface area contributed by atoms with E-state index in [0.717, 1.165) is 12.3 Å². The van der Waals surface area contributed by atoms with Crippen molar-refractivity contribution in [2.45, 2.75) is 31.1 Å². The lowest BCUT2D eigenvalue weighted by atomic mass is 9.79. The van der Waals surface area contributed by atoms with E-state index >= 15 is 0 Å². The van der Waals surface area contributed by atoms with Gasteiger partial charge in [-0.1, -0.05) is 12.8 Å². The highest BCUT2D eigenvalue weighted by Crippen LogP contribution is 2.43. The third-order valence-corrected chi connectivity index (χ3v) is 4.41. The first-order valence-electron chi connectivity index (χ1n) is 6.65. The number of ether oxygens (including phenoxy) is 1. The van der Waals surface area contributed by atoms with Gasteiger partial charge in [-0.3, -0.25) is 0 Å². The second-order valence-electron chi connectivity index (χ2n) is 5.31. The van der Waals surface area contributed by atoms with Crippen molar-refractivity contribution in [3.05, 3.63) is 30.0 Å². The highest BCUT2D eigenvalue weighted by Gasteiger charge is 2.36. The minimum atomic E-state index is 0.171. The third-order valence-electron chi connectivity index (χ3n) is 4.41. The Morgan fingerprint density at radius 3 is 2.78 bits per heavy atom. The van der Waals surface area contributed by atoms with Gasteiger partial charge >= 0.3 is 0 Å². The van der Waals surface area contributed by atoms with Crippen LogP contribution >= 0.6 is 0 Å². The van der Waals surface area contributed by atoms with Crippen molar-refractivity contribution in [3.63, 3.8) is 0 Å². The average molecular weight is 244 g/mol. The molecule has 0 aliphatic heterocycles. The van der Waals surface area contributed by atoms with Crippen LogP contribution in [0.15, 0.2) is 24.4 Å². The Hall–Kier alpha value is -1.48. The molecule has 1 aromatic carbocycles. The van der Waals surface area contributed by atoms with E-state index in [9.17, 15) is 0 Å². The molecule has 3 rings (SSSR count). The van der Waals surface area contributed by atoms with Crippen molar-refractivity contribution in [2.75, 3.05) is 13.7 Å². The summed E-state index contributed by atoms with van der Waals surface area (Å²) in [5, 5.41) is 1.27. The predicted octanol–water partition coefficient (Wildman–Crippen LogP) is 2.95. The minimum Gasteiger partial charge on any atom is -0.497 e. The fourth-order valence-corrected chi connectivity index (χ4v) is 3.30. The number of fused-ring (bicyclic) bond motifs is 1. The molecule has 0 saturated heterocycles.